The minimum atomic E-state index is -0.0796. The first-order valence-electron chi connectivity index (χ1n) is 5.18. The molecule has 0 rings (SSSR count). The lowest BCUT2D eigenvalue weighted by Crippen LogP contribution is -2.19. The van der Waals surface area contributed by atoms with Crippen LogP contribution in [-0.4, -0.2) is 36.1 Å². The fraction of sp³-hybridized carbons (Fsp3) is 1.00. The molecule has 0 saturated carbocycles. The lowest BCUT2D eigenvalue weighted by molar-refractivity contribution is -0.00869. The molecule has 0 aliphatic heterocycles. The molecule has 0 spiro atoms. The molecule has 0 aliphatic carbocycles. The van der Waals surface area contributed by atoms with Crippen LogP contribution in [0.3, 0.4) is 0 Å². The topological polar surface area (TPSA) is 49.7 Å². The summed E-state index contributed by atoms with van der Waals surface area (Å²) in [6, 6.07) is 0. The highest BCUT2D eigenvalue weighted by atomic mass is 16.5. The summed E-state index contributed by atoms with van der Waals surface area (Å²) in [5.41, 5.74) is 0. The maximum absolute atomic E-state index is 8.90. The van der Waals surface area contributed by atoms with Crippen LogP contribution in [0.25, 0.3) is 0 Å². The minimum Gasteiger partial charge on any atom is -0.394 e. The van der Waals surface area contributed by atoms with Crippen molar-refractivity contribution < 1.29 is 14.9 Å². The molecule has 2 N–H and O–H groups in total. The monoisotopic (exact) mass is 190 g/mol. The van der Waals surface area contributed by atoms with Gasteiger partial charge in [0.25, 0.3) is 0 Å². The number of aliphatic hydroxyl groups is 2. The Morgan fingerprint density at radius 2 is 1.92 bits per heavy atom. The summed E-state index contributed by atoms with van der Waals surface area (Å²) in [5.74, 6) is 0. The fourth-order valence-corrected chi connectivity index (χ4v) is 1.25. The van der Waals surface area contributed by atoms with Crippen LogP contribution in [0, 0.1) is 0 Å². The van der Waals surface area contributed by atoms with Crippen molar-refractivity contribution in [3.63, 3.8) is 0 Å². The van der Waals surface area contributed by atoms with Gasteiger partial charge in [0, 0.05) is 0 Å². The molecular weight excluding hydrogens is 168 g/mol. The standard InChI is InChI=1S/C10H22O3/c1-2-3-4-5-6-10(9-12)13-8-7-11/h10-12H,2-9H2,1H3. The smallest absolute Gasteiger partial charge is 0.0806 e. The van der Waals surface area contributed by atoms with E-state index in [0.717, 1.165) is 12.8 Å². The second kappa shape index (κ2) is 9.96. The highest BCUT2D eigenvalue weighted by Crippen LogP contribution is 2.07. The molecule has 0 bridgehead atoms. The van der Waals surface area contributed by atoms with Crippen LogP contribution in [0.5, 0.6) is 0 Å². The van der Waals surface area contributed by atoms with Crippen molar-refractivity contribution in [3.8, 4) is 0 Å². The van der Waals surface area contributed by atoms with Crippen LogP contribution in [0.15, 0.2) is 0 Å². The van der Waals surface area contributed by atoms with Crippen molar-refractivity contribution in [1.29, 1.82) is 0 Å². The molecular formula is C10H22O3. The van der Waals surface area contributed by atoms with Gasteiger partial charge in [-0.25, -0.2) is 0 Å². The van der Waals surface area contributed by atoms with E-state index in [1.165, 1.54) is 19.3 Å². The largest absolute Gasteiger partial charge is 0.394 e. The van der Waals surface area contributed by atoms with Gasteiger partial charge in [-0.05, 0) is 6.42 Å². The van der Waals surface area contributed by atoms with Crippen molar-refractivity contribution in [2.75, 3.05) is 19.8 Å². The Morgan fingerprint density at radius 1 is 1.15 bits per heavy atom. The molecule has 0 heterocycles. The number of hydrogen-bond acceptors (Lipinski definition) is 3. The molecule has 3 heteroatoms. The number of ether oxygens (including phenoxy) is 1. The molecule has 3 nitrogen and oxygen atoms in total. The van der Waals surface area contributed by atoms with E-state index in [0.29, 0.717) is 6.61 Å². The normalized spacial score (nSPS) is 13.2. The van der Waals surface area contributed by atoms with Gasteiger partial charge < -0.3 is 14.9 Å². The summed E-state index contributed by atoms with van der Waals surface area (Å²) in [6.45, 7) is 2.60. The Kier molecular flexibility index (Phi) is 9.87. The van der Waals surface area contributed by atoms with E-state index >= 15 is 0 Å². The van der Waals surface area contributed by atoms with Crippen molar-refractivity contribution in [2.24, 2.45) is 0 Å². The van der Waals surface area contributed by atoms with Gasteiger partial charge in [-0.1, -0.05) is 32.6 Å². The first-order valence-corrected chi connectivity index (χ1v) is 5.18. The summed E-state index contributed by atoms with van der Waals surface area (Å²) in [5, 5.41) is 17.4. The van der Waals surface area contributed by atoms with Crippen molar-refractivity contribution in [2.45, 2.75) is 45.1 Å². The summed E-state index contributed by atoms with van der Waals surface area (Å²) in [6.07, 6.45) is 5.60. The lowest BCUT2D eigenvalue weighted by atomic mass is 10.1. The van der Waals surface area contributed by atoms with Crippen LogP contribution in [0.2, 0.25) is 0 Å². The molecule has 0 fully saturated rings. The van der Waals surface area contributed by atoms with Crippen LogP contribution in [0.4, 0.5) is 0 Å². The maximum Gasteiger partial charge on any atom is 0.0806 e. The average molecular weight is 190 g/mol. The third kappa shape index (κ3) is 8.22. The quantitative estimate of drug-likeness (QED) is 0.539. The zero-order valence-corrected chi connectivity index (χ0v) is 8.54. The predicted octanol–water partition coefficient (Wildman–Crippen LogP) is 1.33. The van der Waals surface area contributed by atoms with Crippen LogP contribution >= 0.6 is 0 Å². The fourth-order valence-electron chi connectivity index (χ4n) is 1.25. The molecule has 0 radical (unpaired) electrons. The van der Waals surface area contributed by atoms with Gasteiger partial charge in [-0.15, -0.1) is 0 Å². The summed E-state index contributed by atoms with van der Waals surface area (Å²) in [7, 11) is 0. The van der Waals surface area contributed by atoms with Crippen molar-refractivity contribution in [1.82, 2.24) is 0 Å². The Morgan fingerprint density at radius 3 is 2.46 bits per heavy atom. The van der Waals surface area contributed by atoms with E-state index in [-0.39, 0.29) is 19.3 Å². The Balaban J connectivity index is 3.25. The van der Waals surface area contributed by atoms with Gasteiger partial charge in [-0.3, -0.25) is 0 Å². The second-order valence-electron chi connectivity index (χ2n) is 3.25. The van der Waals surface area contributed by atoms with Gasteiger partial charge >= 0.3 is 0 Å². The molecule has 0 saturated heterocycles. The van der Waals surface area contributed by atoms with Crippen molar-refractivity contribution >= 4 is 0 Å². The Bertz CT molecular complexity index is 96.2. The minimum absolute atomic E-state index is 0.0332. The molecule has 1 unspecified atom stereocenters. The van der Waals surface area contributed by atoms with Crippen LogP contribution < -0.4 is 0 Å². The van der Waals surface area contributed by atoms with Crippen LogP contribution in [0.1, 0.15) is 39.0 Å². The van der Waals surface area contributed by atoms with Gasteiger partial charge in [0.15, 0.2) is 0 Å². The van der Waals surface area contributed by atoms with E-state index in [9.17, 15) is 0 Å². The first kappa shape index (κ1) is 12.9. The molecule has 13 heavy (non-hydrogen) atoms. The molecule has 0 aliphatic rings. The molecule has 80 valence electrons. The van der Waals surface area contributed by atoms with E-state index in [4.69, 9.17) is 14.9 Å². The van der Waals surface area contributed by atoms with Gasteiger partial charge in [-0.2, -0.15) is 0 Å². The van der Waals surface area contributed by atoms with E-state index in [1.807, 2.05) is 0 Å². The molecule has 0 aromatic carbocycles. The highest BCUT2D eigenvalue weighted by Gasteiger charge is 2.06. The molecule has 0 aromatic heterocycles. The summed E-state index contributed by atoms with van der Waals surface area (Å²) < 4.78 is 5.22. The molecule has 0 aromatic rings. The zero-order valence-electron chi connectivity index (χ0n) is 8.54. The van der Waals surface area contributed by atoms with E-state index < -0.39 is 0 Å². The van der Waals surface area contributed by atoms with Gasteiger partial charge in [0.1, 0.15) is 0 Å². The van der Waals surface area contributed by atoms with Gasteiger partial charge in [0.05, 0.1) is 25.9 Å². The number of aliphatic hydroxyl groups excluding tert-OH is 2. The highest BCUT2D eigenvalue weighted by molar-refractivity contribution is 4.56. The van der Waals surface area contributed by atoms with Crippen LogP contribution in [-0.2, 0) is 4.74 Å². The second-order valence-corrected chi connectivity index (χ2v) is 3.25. The Labute approximate surface area is 80.7 Å². The third-order valence-corrected chi connectivity index (χ3v) is 2.03. The number of unbranched alkanes of at least 4 members (excludes halogenated alkanes) is 3. The number of hydrogen-bond donors (Lipinski definition) is 2. The molecule has 1 atom stereocenters. The Hall–Kier alpha value is -0.120. The summed E-state index contributed by atoms with van der Waals surface area (Å²) >= 11 is 0. The molecule has 0 amide bonds. The number of rotatable bonds is 9. The van der Waals surface area contributed by atoms with E-state index in [2.05, 4.69) is 6.92 Å². The lowest BCUT2D eigenvalue weighted by Gasteiger charge is -2.14. The summed E-state index contributed by atoms with van der Waals surface area (Å²) in [4.78, 5) is 0. The predicted molar refractivity (Wildman–Crippen MR) is 52.7 cm³/mol. The SMILES string of the molecule is CCCCCCC(CO)OCCO. The third-order valence-electron chi connectivity index (χ3n) is 2.03. The maximum atomic E-state index is 8.90. The first-order chi connectivity index (χ1) is 6.35. The van der Waals surface area contributed by atoms with Gasteiger partial charge in [0.2, 0.25) is 0 Å². The average Bonchev–Trinajstić information content (AvgIpc) is 2.17. The van der Waals surface area contributed by atoms with E-state index in [1.54, 1.807) is 0 Å². The van der Waals surface area contributed by atoms with Crippen molar-refractivity contribution in [3.05, 3.63) is 0 Å². The zero-order chi connectivity index (χ0) is 9.94.